The third kappa shape index (κ3) is 4.84. The van der Waals surface area contributed by atoms with Crippen molar-refractivity contribution in [2.45, 2.75) is 51.4 Å². The van der Waals surface area contributed by atoms with E-state index in [0.29, 0.717) is 23.3 Å². The number of hydrogen-bond acceptors (Lipinski definition) is 8. The monoisotopic (exact) mass is 491 g/mol. The fraction of sp³-hybridized carbons (Fsp3) is 0.565. The Morgan fingerprint density at radius 1 is 1.14 bits per heavy atom. The molecule has 0 amide bonds. The Labute approximate surface area is 200 Å². The zero-order valence-electron chi connectivity index (χ0n) is 19.7. The number of hydrogen-bond donors (Lipinski definition) is 2. The normalized spacial score (nSPS) is 22.6. The van der Waals surface area contributed by atoms with Gasteiger partial charge in [0.25, 0.3) is 0 Å². The van der Waals surface area contributed by atoms with Crippen LogP contribution < -0.4 is 15.0 Å². The first-order chi connectivity index (χ1) is 16.5. The van der Waals surface area contributed by atoms with Gasteiger partial charge in [0, 0.05) is 42.5 Å². The van der Waals surface area contributed by atoms with Crippen molar-refractivity contribution in [3.8, 4) is 5.88 Å². The van der Waals surface area contributed by atoms with Gasteiger partial charge in [0.15, 0.2) is 12.3 Å². The highest BCUT2D eigenvalue weighted by Gasteiger charge is 2.43. The van der Waals surface area contributed by atoms with Gasteiger partial charge in [0.05, 0.1) is 5.60 Å². The molecule has 188 valence electrons. The molecule has 0 aromatic carbocycles. The average molecular weight is 492 g/mol. The van der Waals surface area contributed by atoms with Crippen LogP contribution in [0.1, 0.15) is 37.9 Å². The van der Waals surface area contributed by atoms with Crippen LogP contribution in [0.2, 0.25) is 0 Å². The smallest absolute Gasteiger partial charge is 0.422 e. The number of piperidine rings is 1. The SMILES string of the molecule is Cc1cc(N2CC3CCC(C2)C3Nc2nc3c(C(C)(C)O)ccc(OCC(F)(F)F)n3n2)ncn1. The van der Waals surface area contributed by atoms with Gasteiger partial charge in [0.2, 0.25) is 11.8 Å². The summed E-state index contributed by atoms with van der Waals surface area (Å²) in [7, 11) is 0. The first kappa shape index (κ1) is 23.6. The van der Waals surface area contributed by atoms with Crippen molar-refractivity contribution in [3.05, 3.63) is 35.8 Å². The number of fused-ring (bicyclic) bond motifs is 3. The van der Waals surface area contributed by atoms with E-state index in [-0.39, 0.29) is 17.6 Å². The Bertz CT molecular complexity index is 1210. The van der Waals surface area contributed by atoms with E-state index in [9.17, 15) is 18.3 Å². The first-order valence-corrected chi connectivity index (χ1v) is 11.6. The molecule has 3 aromatic rings. The molecule has 1 saturated carbocycles. The summed E-state index contributed by atoms with van der Waals surface area (Å²) in [5.41, 5.74) is 0.339. The van der Waals surface area contributed by atoms with Crippen molar-refractivity contribution in [2.24, 2.45) is 11.8 Å². The number of anilines is 2. The molecule has 2 atom stereocenters. The molecule has 1 aliphatic carbocycles. The van der Waals surface area contributed by atoms with Gasteiger partial charge in [-0.05, 0) is 51.5 Å². The van der Waals surface area contributed by atoms with Crippen molar-refractivity contribution in [2.75, 3.05) is 29.9 Å². The molecule has 12 heteroatoms. The van der Waals surface area contributed by atoms with Gasteiger partial charge in [-0.2, -0.15) is 22.7 Å². The van der Waals surface area contributed by atoms with Gasteiger partial charge in [-0.15, -0.1) is 5.10 Å². The third-order valence-electron chi connectivity index (χ3n) is 6.74. The lowest BCUT2D eigenvalue weighted by Crippen LogP contribution is -2.48. The van der Waals surface area contributed by atoms with Gasteiger partial charge in [-0.25, -0.2) is 9.97 Å². The Balaban J connectivity index is 1.40. The van der Waals surface area contributed by atoms with Crippen LogP contribution in [0.3, 0.4) is 0 Å². The molecule has 35 heavy (non-hydrogen) atoms. The van der Waals surface area contributed by atoms with E-state index in [1.165, 1.54) is 16.6 Å². The first-order valence-electron chi connectivity index (χ1n) is 11.6. The summed E-state index contributed by atoms with van der Waals surface area (Å²) in [6.45, 7) is 5.32. The second-order valence-electron chi connectivity index (χ2n) is 9.91. The molecule has 3 aromatic heterocycles. The molecule has 2 N–H and O–H groups in total. The van der Waals surface area contributed by atoms with Crippen molar-refractivity contribution < 1.29 is 23.0 Å². The molecule has 2 bridgehead atoms. The minimum Gasteiger partial charge on any atom is -0.468 e. The lowest BCUT2D eigenvalue weighted by atomic mass is 9.92. The van der Waals surface area contributed by atoms with Crippen molar-refractivity contribution in [1.82, 2.24) is 24.6 Å². The predicted octanol–water partition coefficient (Wildman–Crippen LogP) is 3.32. The average Bonchev–Trinajstić information content (AvgIpc) is 3.27. The number of aliphatic hydroxyl groups is 1. The summed E-state index contributed by atoms with van der Waals surface area (Å²) in [5.74, 6) is 1.80. The molecule has 5 rings (SSSR count). The third-order valence-corrected chi connectivity index (χ3v) is 6.74. The Morgan fingerprint density at radius 3 is 2.49 bits per heavy atom. The molecule has 4 heterocycles. The van der Waals surface area contributed by atoms with Gasteiger partial charge in [-0.3, -0.25) is 0 Å². The molecule has 2 fully saturated rings. The zero-order valence-corrected chi connectivity index (χ0v) is 19.7. The number of nitrogens with one attached hydrogen (secondary N) is 1. The molecule has 0 spiro atoms. The van der Waals surface area contributed by atoms with E-state index < -0.39 is 18.4 Å². The van der Waals surface area contributed by atoms with Crippen molar-refractivity contribution >= 4 is 17.4 Å². The van der Waals surface area contributed by atoms with Crippen LogP contribution in [0.25, 0.3) is 5.65 Å². The number of rotatable bonds is 6. The maximum Gasteiger partial charge on any atom is 0.422 e. The van der Waals surface area contributed by atoms with Crippen LogP contribution in [-0.2, 0) is 5.60 Å². The maximum atomic E-state index is 12.8. The van der Waals surface area contributed by atoms with E-state index in [2.05, 4.69) is 30.3 Å². The van der Waals surface area contributed by atoms with Crippen LogP contribution in [0.15, 0.2) is 24.5 Å². The van der Waals surface area contributed by atoms with Gasteiger partial charge in [-0.1, -0.05) is 0 Å². The molecule has 2 aliphatic rings. The zero-order chi connectivity index (χ0) is 25.0. The molecule has 0 radical (unpaired) electrons. The predicted molar refractivity (Wildman–Crippen MR) is 122 cm³/mol. The second kappa shape index (κ2) is 8.51. The van der Waals surface area contributed by atoms with Gasteiger partial charge < -0.3 is 20.1 Å². The largest absolute Gasteiger partial charge is 0.468 e. The van der Waals surface area contributed by atoms with Crippen LogP contribution in [0.5, 0.6) is 5.88 Å². The highest BCUT2D eigenvalue weighted by Crippen LogP contribution is 2.40. The van der Waals surface area contributed by atoms with E-state index >= 15 is 0 Å². The summed E-state index contributed by atoms with van der Waals surface area (Å²) in [4.78, 5) is 15.4. The number of alkyl halides is 3. The molecule has 9 nitrogen and oxygen atoms in total. The lowest BCUT2D eigenvalue weighted by Gasteiger charge is -2.38. The van der Waals surface area contributed by atoms with E-state index in [1.807, 2.05) is 13.0 Å². The number of aromatic nitrogens is 5. The molecular weight excluding hydrogens is 463 g/mol. The molecular formula is C23H28F3N7O2. The van der Waals surface area contributed by atoms with Crippen LogP contribution >= 0.6 is 0 Å². The molecule has 2 unspecified atom stereocenters. The molecule has 1 saturated heterocycles. The Kier molecular flexibility index (Phi) is 5.73. The highest BCUT2D eigenvalue weighted by molar-refractivity contribution is 5.56. The summed E-state index contributed by atoms with van der Waals surface area (Å²) in [6, 6.07) is 5.00. The minimum absolute atomic E-state index is 0.0946. The lowest BCUT2D eigenvalue weighted by molar-refractivity contribution is -0.154. The summed E-state index contributed by atoms with van der Waals surface area (Å²) in [5, 5.41) is 18.4. The van der Waals surface area contributed by atoms with Crippen LogP contribution in [-0.4, -0.2) is 61.6 Å². The van der Waals surface area contributed by atoms with Crippen molar-refractivity contribution in [1.29, 1.82) is 0 Å². The number of ether oxygens (including phenoxy) is 1. The summed E-state index contributed by atoms with van der Waals surface area (Å²) in [6.07, 6.45) is -0.815. The maximum absolute atomic E-state index is 12.8. The van der Waals surface area contributed by atoms with Crippen LogP contribution in [0.4, 0.5) is 24.9 Å². The fourth-order valence-electron chi connectivity index (χ4n) is 5.15. The van der Waals surface area contributed by atoms with Crippen molar-refractivity contribution in [3.63, 3.8) is 0 Å². The number of halogens is 3. The Hall–Kier alpha value is -3.15. The summed E-state index contributed by atoms with van der Waals surface area (Å²) >= 11 is 0. The number of aryl methyl sites for hydroxylation is 1. The Morgan fingerprint density at radius 2 is 1.86 bits per heavy atom. The number of nitrogens with zero attached hydrogens (tertiary/aromatic N) is 6. The minimum atomic E-state index is -4.49. The van der Waals surface area contributed by atoms with E-state index in [1.54, 1.807) is 20.2 Å². The number of pyridine rings is 1. The highest BCUT2D eigenvalue weighted by atomic mass is 19.4. The molecule has 1 aliphatic heterocycles. The standard InChI is InChI=1S/C23H28F3N7O2/c1-13-8-17(28-12-27-13)32-9-14-4-5-15(10-32)19(14)29-21-30-20-16(22(2,3)34)6-7-18(33(20)31-21)35-11-23(24,25)26/h6-8,12,14-15,19,34H,4-5,9-11H2,1-3H3,(H,29,31). The van der Waals surface area contributed by atoms with E-state index in [0.717, 1.165) is 37.4 Å². The van der Waals surface area contributed by atoms with Gasteiger partial charge >= 0.3 is 6.18 Å². The topological polar surface area (TPSA) is 101 Å². The fourth-order valence-corrected chi connectivity index (χ4v) is 5.15. The van der Waals surface area contributed by atoms with E-state index in [4.69, 9.17) is 4.74 Å². The quantitative estimate of drug-likeness (QED) is 0.542. The second-order valence-corrected chi connectivity index (χ2v) is 9.91. The van der Waals surface area contributed by atoms with Gasteiger partial charge in [0.1, 0.15) is 12.1 Å². The summed E-state index contributed by atoms with van der Waals surface area (Å²) < 4.78 is 44.5. The van der Waals surface area contributed by atoms with Crippen LogP contribution in [0, 0.1) is 18.8 Å².